The topological polar surface area (TPSA) is 26.7 Å². The van der Waals surface area contributed by atoms with Gasteiger partial charge in [-0.3, -0.25) is 0 Å². The zero-order valence-electron chi connectivity index (χ0n) is 10.7. The second-order valence-electron chi connectivity index (χ2n) is 4.71. The molecule has 1 saturated heterocycles. The van der Waals surface area contributed by atoms with Crippen molar-refractivity contribution in [1.29, 1.82) is 0 Å². The Hall–Kier alpha value is -1.74. The summed E-state index contributed by atoms with van der Waals surface area (Å²) in [7, 11) is 2.08. The van der Waals surface area contributed by atoms with E-state index in [0.717, 1.165) is 12.4 Å². The number of nitrogens with zero attached hydrogens (tertiary/aromatic N) is 1. The highest BCUT2D eigenvalue weighted by atomic mass is 16.6. The van der Waals surface area contributed by atoms with E-state index in [1.807, 2.05) is 12.1 Å². The Labute approximate surface area is 107 Å². The molecule has 3 heteroatoms. The Balaban J connectivity index is 1.83. The lowest BCUT2D eigenvalue weighted by atomic mass is 10.1. The third-order valence-electron chi connectivity index (χ3n) is 3.34. The molecule has 3 rings (SSSR count). The summed E-state index contributed by atoms with van der Waals surface area (Å²) in [5, 5.41) is 0. The Morgan fingerprint density at radius 2 is 2.17 bits per heavy atom. The van der Waals surface area contributed by atoms with Crippen LogP contribution in [0.2, 0.25) is 0 Å². The summed E-state index contributed by atoms with van der Waals surface area (Å²) >= 11 is 0. The summed E-state index contributed by atoms with van der Waals surface area (Å²) in [5.41, 5.74) is 3.64. The van der Waals surface area contributed by atoms with Crippen molar-refractivity contribution in [3.8, 4) is 17.0 Å². The normalized spacial score (nSPS) is 17.8. The number of hydrogen-bond acceptors (Lipinski definition) is 2. The highest BCUT2D eigenvalue weighted by Gasteiger charge is 2.23. The standard InChI is InChI=1S/C15H17NO2/c1-11-6-7-15(16(11)2)12-4-3-5-13(8-12)17-9-14-10-18-14/h3-8,14H,9-10H2,1-2H3. The molecule has 0 N–H and O–H groups in total. The van der Waals surface area contributed by atoms with Crippen molar-refractivity contribution in [1.82, 2.24) is 4.57 Å². The maximum Gasteiger partial charge on any atom is 0.120 e. The molecule has 1 aromatic carbocycles. The van der Waals surface area contributed by atoms with Crippen LogP contribution in [-0.2, 0) is 11.8 Å². The third kappa shape index (κ3) is 2.27. The minimum Gasteiger partial charge on any atom is -0.491 e. The van der Waals surface area contributed by atoms with Crippen LogP contribution in [0.25, 0.3) is 11.3 Å². The van der Waals surface area contributed by atoms with Gasteiger partial charge in [0.2, 0.25) is 0 Å². The van der Waals surface area contributed by atoms with E-state index >= 15 is 0 Å². The third-order valence-corrected chi connectivity index (χ3v) is 3.34. The van der Waals surface area contributed by atoms with Crippen LogP contribution in [0.15, 0.2) is 36.4 Å². The number of aryl methyl sites for hydroxylation is 1. The van der Waals surface area contributed by atoms with Gasteiger partial charge in [0, 0.05) is 24.0 Å². The van der Waals surface area contributed by atoms with Crippen molar-refractivity contribution in [2.75, 3.05) is 13.2 Å². The summed E-state index contributed by atoms with van der Waals surface area (Å²) in [6.07, 6.45) is 0.297. The van der Waals surface area contributed by atoms with Crippen LogP contribution in [0.3, 0.4) is 0 Å². The van der Waals surface area contributed by atoms with Crippen molar-refractivity contribution in [3.63, 3.8) is 0 Å². The molecule has 3 nitrogen and oxygen atoms in total. The second kappa shape index (κ2) is 4.50. The van der Waals surface area contributed by atoms with Gasteiger partial charge in [0.25, 0.3) is 0 Å². The molecule has 94 valence electrons. The Bertz CT molecular complexity index is 555. The van der Waals surface area contributed by atoms with E-state index in [1.165, 1.54) is 17.0 Å². The fourth-order valence-electron chi connectivity index (χ4n) is 2.00. The van der Waals surface area contributed by atoms with Gasteiger partial charge in [0.05, 0.1) is 6.61 Å². The van der Waals surface area contributed by atoms with E-state index in [9.17, 15) is 0 Å². The van der Waals surface area contributed by atoms with Gasteiger partial charge in [-0.2, -0.15) is 0 Å². The molecule has 1 aliphatic rings. The first kappa shape index (κ1) is 11.4. The van der Waals surface area contributed by atoms with Gasteiger partial charge in [0.1, 0.15) is 18.5 Å². The van der Waals surface area contributed by atoms with Crippen molar-refractivity contribution in [2.45, 2.75) is 13.0 Å². The van der Waals surface area contributed by atoms with Gasteiger partial charge in [-0.15, -0.1) is 0 Å². The number of benzene rings is 1. The second-order valence-corrected chi connectivity index (χ2v) is 4.71. The predicted octanol–water partition coefficient (Wildman–Crippen LogP) is 2.78. The lowest BCUT2D eigenvalue weighted by Crippen LogP contribution is -2.04. The molecule has 1 unspecified atom stereocenters. The van der Waals surface area contributed by atoms with Crippen LogP contribution >= 0.6 is 0 Å². The molecule has 0 saturated carbocycles. The molecule has 2 heterocycles. The summed E-state index contributed by atoms with van der Waals surface area (Å²) in [6, 6.07) is 12.5. The monoisotopic (exact) mass is 243 g/mol. The fraction of sp³-hybridized carbons (Fsp3) is 0.333. The van der Waals surface area contributed by atoms with Crippen LogP contribution in [0.4, 0.5) is 0 Å². The maximum absolute atomic E-state index is 5.70. The van der Waals surface area contributed by atoms with E-state index in [2.05, 4.69) is 42.8 Å². The van der Waals surface area contributed by atoms with Gasteiger partial charge in [0.15, 0.2) is 0 Å². The molecule has 1 atom stereocenters. The minimum atomic E-state index is 0.297. The number of aromatic nitrogens is 1. The Morgan fingerprint density at radius 1 is 1.33 bits per heavy atom. The molecule has 0 aliphatic carbocycles. The minimum absolute atomic E-state index is 0.297. The van der Waals surface area contributed by atoms with Crippen LogP contribution in [-0.4, -0.2) is 23.9 Å². The van der Waals surface area contributed by atoms with Crippen molar-refractivity contribution >= 4 is 0 Å². The first-order chi connectivity index (χ1) is 8.74. The van der Waals surface area contributed by atoms with Crippen molar-refractivity contribution in [2.24, 2.45) is 7.05 Å². The van der Waals surface area contributed by atoms with Gasteiger partial charge < -0.3 is 14.0 Å². The van der Waals surface area contributed by atoms with Crippen LogP contribution in [0.5, 0.6) is 5.75 Å². The largest absolute Gasteiger partial charge is 0.491 e. The van der Waals surface area contributed by atoms with E-state index in [-0.39, 0.29) is 0 Å². The van der Waals surface area contributed by atoms with Crippen LogP contribution in [0, 0.1) is 6.92 Å². The molecule has 1 aromatic heterocycles. The quantitative estimate of drug-likeness (QED) is 0.772. The van der Waals surface area contributed by atoms with Crippen molar-refractivity contribution < 1.29 is 9.47 Å². The molecule has 0 spiro atoms. The first-order valence-corrected chi connectivity index (χ1v) is 6.21. The number of epoxide rings is 1. The van der Waals surface area contributed by atoms with E-state index in [1.54, 1.807) is 0 Å². The smallest absolute Gasteiger partial charge is 0.120 e. The summed E-state index contributed by atoms with van der Waals surface area (Å²) in [5.74, 6) is 0.904. The molecule has 2 aromatic rings. The molecule has 18 heavy (non-hydrogen) atoms. The molecular formula is C15H17NO2. The average molecular weight is 243 g/mol. The van der Waals surface area contributed by atoms with Gasteiger partial charge in [-0.1, -0.05) is 12.1 Å². The number of rotatable bonds is 4. The van der Waals surface area contributed by atoms with Crippen LogP contribution < -0.4 is 4.74 Å². The van der Waals surface area contributed by atoms with Gasteiger partial charge >= 0.3 is 0 Å². The molecule has 0 radical (unpaired) electrons. The molecule has 1 aliphatic heterocycles. The lowest BCUT2D eigenvalue weighted by molar-refractivity contribution is 0.263. The SMILES string of the molecule is Cc1ccc(-c2cccc(OCC3CO3)c2)n1C. The van der Waals surface area contributed by atoms with Gasteiger partial charge in [-0.05, 0) is 31.2 Å². The molecule has 1 fully saturated rings. The van der Waals surface area contributed by atoms with Crippen molar-refractivity contribution in [3.05, 3.63) is 42.1 Å². The van der Waals surface area contributed by atoms with Gasteiger partial charge in [-0.25, -0.2) is 0 Å². The highest BCUT2D eigenvalue weighted by Crippen LogP contribution is 2.25. The predicted molar refractivity (Wildman–Crippen MR) is 70.8 cm³/mol. The first-order valence-electron chi connectivity index (χ1n) is 6.21. The van der Waals surface area contributed by atoms with E-state index in [0.29, 0.717) is 12.7 Å². The number of ether oxygens (including phenoxy) is 2. The summed E-state index contributed by atoms with van der Waals surface area (Å²) in [6.45, 7) is 3.58. The molecule has 0 amide bonds. The van der Waals surface area contributed by atoms with E-state index in [4.69, 9.17) is 9.47 Å². The summed E-state index contributed by atoms with van der Waals surface area (Å²) < 4.78 is 13.0. The Kier molecular flexibility index (Phi) is 2.84. The fourth-order valence-corrected chi connectivity index (χ4v) is 2.00. The molecule has 0 bridgehead atoms. The lowest BCUT2D eigenvalue weighted by Gasteiger charge is -2.08. The average Bonchev–Trinajstić information content (AvgIpc) is 3.15. The van der Waals surface area contributed by atoms with E-state index < -0.39 is 0 Å². The maximum atomic E-state index is 5.70. The van der Waals surface area contributed by atoms with Crippen LogP contribution in [0.1, 0.15) is 5.69 Å². The molecular weight excluding hydrogens is 226 g/mol. The Morgan fingerprint density at radius 3 is 2.83 bits per heavy atom. The zero-order chi connectivity index (χ0) is 12.5. The zero-order valence-corrected chi connectivity index (χ0v) is 10.7. The number of hydrogen-bond donors (Lipinski definition) is 0. The highest BCUT2D eigenvalue weighted by molar-refractivity contribution is 5.62. The summed E-state index contributed by atoms with van der Waals surface area (Å²) in [4.78, 5) is 0.